The summed E-state index contributed by atoms with van der Waals surface area (Å²) in [5.74, 6) is 0.0152. The lowest BCUT2D eigenvalue weighted by atomic mass is 10.2. The summed E-state index contributed by atoms with van der Waals surface area (Å²) in [5.41, 5.74) is 2.12. The van der Waals surface area contributed by atoms with Gasteiger partial charge >= 0.3 is 0 Å². The molecule has 1 aromatic carbocycles. The number of hydrogen-bond acceptors (Lipinski definition) is 5. The van der Waals surface area contributed by atoms with Crippen molar-refractivity contribution in [2.75, 3.05) is 7.11 Å². The summed E-state index contributed by atoms with van der Waals surface area (Å²) in [6.07, 6.45) is 2.34. The first-order valence-corrected chi connectivity index (χ1v) is 10.2. The van der Waals surface area contributed by atoms with Gasteiger partial charge in [-0.25, -0.2) is 4.98 Å². The highest BCUT2D eigenvalue weighted by atomic mass is 16.5. The van der Waals surface area contributed by atoms with Crippen LogP contribution in [0.25, 0.3) is 16.7 Å². The number of methoxy groups -OCH3 is 1. The van der Waals surface area contributed by atoms with Crippen LogP contribution < -0.4 is 15.8 Å². The van der Waals surface area contributed by atoms with Crippen LogP contribution in [0.15, 0.2) is 58.4 Å². The van der Waals surface area contributed by atoms with Gasteiger partial charge in [0.25, 0.3) is 11.5 Å². The minimum atomic E-state index is -0.515. The number of aryl methyl sites for hydroxylation is 2. The van der Waals surface area contributed by atoms with Gasteiger partial charge in [0, 0.05) is 18.3 Å². The molecule has 0 aliphatic rings. The Balaban J connectivity index is 2.09. The minimum Gasteiger partial charge on any atom is -0.497 e. The van der Waals surface area contributed by atoms with E-state index in [9.17, 15) is 14.9 Å². The van der Waals surface area contributed by atoms with Crippen molar-refractivity contribution < 1.29 is 9.53 Å². The normalized spacial score (nSPS) is 11.6. The molecule has 8 nitrogen and oxygen atoms in total. The Labute approximate surface area is 183 Å². The number of amides is 1. The number of ether oxygens (including phenoxy) is 1. The third-order valence-electron chi connectivity index (χ3n) is 5.20. The predicted molar refractivity (Wildman–Crippen MR) is 120 cm³/mol. The van der Waals surface area contributed by atoms with Crippen molar-refractivity contribution in [1.82, 2.24) is 14.0 Å². The molecule has 1 amide bonds. The maximum absolute atomic E-state index is 13.2. The highest BCUT2D eigenvalue weighted by Crippen LogP contribution is 2.15. The van der Waals surface area contributed by atoms with Crippen molar-refractivity contribution in [3.05, 3.63) is 81.2 Å². The van der Waals surface area contributed by atoms with Gasteiger partial charge in [0.1, 0.15) is 23.1 Å². The van der Waals surface area contributed by atoms with Crippen LogP contribution in [0.3, 0.4) is 0 Å². The fourth-order valence-corrected chi connectivity index (χ4v) is 3.64. The fourth-order valence-electron chi connectivity index (χ4n) is 3.64. The molecule has 0 spiro atoms. The molecular formula is C24H21N5O3. The average molecular weight is 427 g/mol. The minimum absolute atomic E-state index is 0.133. The molecule has 160 valence electrons. The van der Waals surface area contributed by atoms with E-state index in [4.69, 9.17) is 9.72 Å². The summed E-state index contributed by atoms with van der Waals surface area (Å²) in [4.78, 5) is 35.1. The van der Waals surface area contributed by atoms with E-state index in [1.54, 1.807) is 41.1 Å². The number of benzene rings is 1. The van der Waals surface area contributed by atoms with Gasteiger partial charge in [0.2, 0.25) is 0 Å². The second kappa shape index (κ2) is 8.47. The van der Waals surface area contributed by atoms with Gasteiger partial charge in [-0.3, -0.25) is 14.0 Å². The first-order valence-electron chi connectivity index (χ1n) is 10.2. The van der Waals surface area contributed by atoms with Gasteiger partial charge in [-0.1, -0.05) is 19.1 Å². The van der Waals surface area contributed by atoms with Gasteiger partial charge in [0.15, 0.2) is 5.49 Å². The standard InChI is InChI=1S/C24H21N5O3/c1-4-10-28-21(27-23(30)16-8-5-9-18(12-16)32-3)17(14-25)13-19-22(28)26-20-15(2)7-6-11-29(20)24(19)31/h5-9,11-13H,4,10H2,1-3H3. The van der Waals surface area contributed by atoms with E-state index < -0.39 is 5.91 Å². The van der Waals surface area contributed by atoms with E-state index >= 15 is 0 Å². The fraction of sp³-hybridized carbons (Fsp3) is 0.208. The topological polar surface area (TPSA) is 102 Å². The number of carbonyl (C=O) groups excluding carboxylic acids is 1. The number of rotatable bonds is 4. The Morgan fingerprint density at radius 1 is 1.22 bits per heavy atom. The summed E-state index contributed by atoms with van der Waals surface area (Å²) in [6.45, 7) is 4.27. The molecule has 0 saturated heterocycles. The molecule has 0 unspecified atom stereocenters. The number of fused-ring (bicyclic) bond motifs is 2. The summed E-state index contributed by atoms with van der Waals surface area (Å²) in [6, 6.07) is 13.8. The van der Waals surface area contributed by atoms with Crippen molar-refractivity contribution in [1.29, 1.82) is 5.26 Å². The zero-order chi connectivity index (χ0) is 22.8. The van der Waals surface area contributed by atoms with Crippen LogP contribution in [0, 0.1) is 18.3 Å². The monoisotopic (exact) mass is 427 g/mol. The maximum Gasteiger partial charge on any atom is 0.279 e. The van der Waals surface area contributed by atoms with E-state index in [0.29, 0.717) is 41.0 Å². The molecule has 4 aromatic rings. The van der Waals surface area contributed by atoms with Crippen molar-refractivity contribution >= 4 is 22.6 Å². The highest BCUT2D eigenvalue weighted by molar-refractivity contribution is 5.95. The van der Waals surface area contributed by atoms with Gasteiger partial charge in [-0.05, 0) is 49.2 Å². The second-order valence-corrected chi connectivity index (χ2v) is 7.33. The number of nitriles is 1. The molecule has 0 radical (unpaired) electrons. The number of aromatic nitrogens is 3. The Bertz CT molecular complexity index is 1540. The molecule has 0 aliphatic heterocycles. The molecule has 0 atom stereocenters. The average Bonchev–Trinajstić information content (AvgIpc) is 2.81. The third-order valence-corrected chi connectivity index (χ3v) is 5.20. The smallest absolute Gasteiger partial charge is 0.279 e. The molecule has 0 fully saturated rings. The van der Waals surface area contributed by atoms with E-state index in [0.717, 1.165) is 5.56 Å². The van der Waals surface area contributed by atoms with Crippen molar-refractivity contribution in [3.63, 3.8) is 0 Å². The van der Waals surface area contributed by atoms with Crippen LogP contribution in [0.2, 0.25) is 0 Å². The number of carbonyl (C=O) groups is 1. The number of nitrogens with zero attached hydrogens (tertiary/aromatic N) is 5. The Hall–Kier alpha value is -4.25. The lowest BCUT2D eigenvalue weighted by Gasteiger charge is -2.13. The second-order valence-electron chi connectivity index (χ2n) is 7.33. The quantitative estimate of drug-likeness (QED) is 0.466. The third kappa shape index (κ3) is 3.54. The van der Waals surface area contributed by atoms with Crippen LogP contribution in [-0.2, 0) is 6.54 Å². The van der Waals surface area contributed by atoms with Crippen molar-refractivity contribution in [2.24, 2.45) is 4.99 Å². The molecule has 3 heterocycles. The summed E-state index contributed by atoms with van der Waals surface area (Å²) in [5, 5.41) is 10.1. The first-order chi connectivity index (χ1) is 15.5. The Morgan fingerprint density at radius 2 is 2.03 bits per heavy atom. The van der Waals surface area contributed by atoms with Crippen molar-refractivity contribution in [3.8, 4) is 11.8 Å². The van der Waals surface area contributed by atoms with E-state index in [1.807, 2.05) is 19.9 Å². The Morgan fingerprint density at radius 3 is 2.75 bits per heavy atom. The van der Waals surface area contributed by atoms with Gasteiger partial charge in [0.05, 0.1) is 18.1 Å². The molecule has 4 rings (SSSR count). The van der Waals surface area contributed by atoms with Crippen molar-refractivity contribution in [2.45, 2.75) is 26.8 Å². The lowest BCUT2D eigenvalue weighted by molar-refractivity contribution is 0.0996. The molecule has 3 aromatic heterocycles. The number of hydrogen-bond donors (Lipinski definition) is 0. The summed E-state index contributed by atoms with van der Waals surface area (Å²) >= 11 is 0. The maximum atomic E-state index is 13.2. The molecule has 0 saturated carbocycles. The van der Waals surface area contributed by atoms with Crippen LogP contribution in [0.1, 0.15) is 34.8 Å². The van der Waals surface area contributed by atoms with Crippen LogP contribution in [-0.4, -0.2) is 27.0 Å². The first kappa shape index (κ1) is 21.0. The molecule has 0 aliphatic carbocycles. The molecular weight excluding hydrogens is 406 g/mol. The van der Waals surface area contributed by atoms with Gasteiger partial charge in [-0.15, -0.1) is 0 Å². The highest BCUT2D eigenvalue weighted by Gasteiger charge is 2.16. The van der Waals surface area contributed by atoms with E-state index in [2.05, 4.69) is 11.1 Å². The van der Waals surface area contributed by atoms with Gasteiger partial charge in [-0.2, -0.15) is 10.3 Å². The largest absolute Gasteiger partial charge is 0.497 e. The summed E-state index contributed by atoms with van der Waals surface area (Å²) in [7, 11) is 1.52. The summed E-state index contributed by atoms with van der Waals surface area (Å²) < 4.78 is 8.33. The zero-order valence-electron chi connectivity index (χ0n) is 18.0. The van der Waals surface area contributed by atoms with E-state index in [-0.39, 0.29) is 16.6 Å². The van der Waals surface area contributed by atoms with E-state index in [1.165, 1.54) is 17.6 Å². The molecule has 8 heteroatoms. The Kier molecular flexibility index (Phi) is 5.56. The molecule has 0 bridgehead atoms. The van der Waals surface area contributed by atoms with Gasteiger partial charge < -0.3 is 9.30 Å². The lowest BCUT2D eigenvalue weighted by Crippen LogP contribution is -2.29. The molecule has 32 heavy (non-hydrogen) atoms. The van der Waals surface area contributed by atoms with Crippen LogP contribution >= 0.6 is 0 Å². The number of pyridine rings is 2. The predicted octanol–water partition coefficient (Wildman–Crippen LogP) is 2.99. The SMILES string of the molecule is CCCn1c(=NC(=O)c2cccc(OC)c2)c(C#N)cc2c(=O)n3cccc(C)c3nc21. The zero-order valence-corrected chi connectivity index (χ0v) is 18.0. The van der Waals surface area contributed by atoms with Crippen LogP contribution in [0.5, 0.6) is 5.75 Å². The molecule has 0 N–H and O–H groups in total. The van der Waals surface area contributed by atoms with Crippen LogP contribution in [0.4, 0.5) is 0 Å².